The van der Waals surface area contributed by atoms with E-state index in [4.69, 9.17) is 9.47 Å². The molecule has 1 aliphatic heterocycles. The summed E-state index contributed by atoms with van der Waals surface area (Å²) in [6, 6.07) is 8.36. The third-order valence-electron chi connectivity index (χ3n) is 3.40. The summed E-state index contributed by atoms with van der Waals surface area (Å²) in [4.78, 5) is 8.52. The molecule has 0 fully saturated rings. The fourth-order valence-electron chi connectivity index (χ4n) is 2.29. The lowest BCUT2D eigenvalue weighted by molar-refractivity contribution is 0.134. The minimum atomic E-state index is 0.216. The molecular formula is C15H15BrN2O2. The van der Waals surface area contributed by atoms with E-state index in [1.807, 2.05) is 6.07 Å². The maximum atomic E-state index is 5.45. The Labute approximate surface area is 126 Å². The van der Waals surface area contributed by atoms with Crippen LogP contribution in [0, 0.1) is 0 Å². The van der Waals surface area contributed by atoms with Crippen LogP contribution in [-0.2, 0) is 24.4 Å². The molecule has 0 spiro atoms. The average molecular weight is 335 g/mol. The van der Waals surface area contributed by atoms with Gasteiger partial charge >= 0.3 is 0 Å². The van der Waals surface area contributed by atoms with Gasteiger partial charge in [-0.05, 0) is 16.7 Å². The number of halogens is 1. The molecule has 0 saturated heterocycles. The van der Waals surface area contributed by atoms with Crippen LogP contribution in [0.3, 0.4) is 0 Å². The lowest BCUT2D eigenvalue weighted by atomic mass is 10.0. The van der Waals surface area contributed by atoms with Gasteiger partial charge in [-0.2, -0.15) is 0 Å². The van der Waals surface area contributed by atoms with Crippen LogP contribution >= 0.6 is 15.9 Å². The lowest BCUT2D eigenvalue weighted by Crippen LogP contribution is -2.00. The topological polar surface area (TPSA) is 44.2 Å². The molecule has 104 valence electrons. The van der Waals surface area contributed by atoms with E-state index in [1.54, 1.807) is 7.11 Å². The van der Waals surface area contributed by atoms with E-state index in [0.717, 1.165) is 18.7 Å². The molecule has 1 aromatic heterocycles. The molecule has 0 bridgehead atoms. The summed E-state index contributed by atoms with van der Waals surface area (Å²) >= 11 is 3.74. The minimum Gasteiger partial charge on any atom is -0.481 e. The number of alkyl halides is 1. The van der Waals surface area contributed by atoms with Gasteiger partial charge in [-0.1, -0.05) is 34.1 Å². The molecule has 4 nitrogen and oxygen atoms in total. The Morgan fingerprint density at radius 2 is 2.10 bits per heavy atom. The second-order valence-electron chi connectivity index (χ2n) is 4.74. The number of rotatable bonds is 4. The molecule has 2 heterocycles. The quantitative estimate of drug-likeness (QED) is 0.805. The molecule has 0 radical (unpaired) electrons. The van der Waals surface area contributed by atoms with Crippen LogP contribution < -0.4 is 4.74 Å². The van der Waals surface area contributed by atoms with Crippen molar-refractivity contribution < 1.29 is 9.47 Å². The highest BCUT2D eigenvalue weighted by molar-refractivity contribution is 9.09. The van der Waals surface area contributed by atoms with Gasteiger partial charge < -0.3 is 9.47 Å². The summed E-state index contributed by atoms with van der Waals surface area (Å²) in [5, 5.41) is 0. The zero-order chi connectivity index (χ0) is 13.9. The van der Waals surface area contributed by atoms with Crippen LogP contribution in [0.1, 0.15) is 27.2 Å². The highest BCUT2D eigenvalue weighted by atomic mass is 79.9. The monoisotopic (exact) mass is 334 g/mol. The van der Waals surface area contributed by atoms with Gasteiger partial charge in [-0.15, -0.1) is 0 Å². The van der Waals surface area contributed by atoms with E-state index in [-0.39, 0.29) is 4.83 Å². The number of methoxy groups -OCH3 is 1. The van der Waals surface area contributed by atoms with Gasteiger partial charge in [0.1, 0.15) is 6.33 Å². The second kappa shape index (κ2) is 5.89. The van der Waals surface area contributed by atoms with Crippen molar-refractivity contribution in [2.75, 3.05) is 7.11 Å². The Morgan fingerprint density at radius 3 is 2.95 bits per heavy atom. The molecular weight excluding hydrogens is 320 g/mol. The molecule has 0 saturated carbocycles. The van der Waals surface area contributed by atoms with Crippen molar-refractivity contribution in [1.29, 1.82) is 0 Å². The van der Waals surface area contributed by atoms with Crippen LogP contribution in [-0.4, -0.2) is 17.1 Å². The summed E-state index contributed by atoms with van der Waals surface area (Å²) in [5.41, 5.74) is 4.77. The van der Waals surface area contributed by atoms with Gasteiger partial charge in [0.15, 0.2) is 0 Å². The number of hydrogen-bond acceptors (Lipinski definition) is 4. The molecule has 1 aromatic carbocycles. The molecule has 3 rings (SSSR count). The zero-order valence-electron chi connectivity index (χ0n) is 11.2. The molecule has 2 aromatic rings. The van der Waals surface area contributed by atoms with Crippen molar-refractivity contribution in [2.45, 2.75) is 24.5 Å². The second-order valence-corrected chi connectivity index (χ2v) is 5.85. The lowest BCUT2D eigenvalue weighted by Gasteiger charge is -2.11. The Bertz CT molecular complexity index is 619. The highest BCUT2D eigenvalue weighted by Crippen LogP contribution is 2.30. The van der Waals surface area contributed by atoms with Gasteiger partial charge in [-0.3, -0.25) is 0 Å². The van der Waals surface area contributed by atoms with Crippen molar-refractivity contribution in [3.63, 3.8) is 0 Å². The zero-order valence-corrected chi connectivity index (χ0v) is 12.8. The summed E-state index contributed by atoms with van der Waals surface area (Å²) < 4.78 is 10.6. The number of fused-ring (bicyclic) bond motifs is 1. The average Bonchev–Trinajstić information content (AvgIpc) is 2.94. The summed E-state index contributed by atoms with van der Waals surface area (Å²) in [6.45, 7) is 1.44. The van der Waals surface area contributed by atoms with E-state index in [9.17, 15) is 0 Å². The first-order valence-corrected chi connectivity index (χ1v) is 7.36. The molecule has 1 unspecified atom stereocenters. The van der Waals surface area contributed by atoms with Crippen molar-refractivity contribution in [3.05, 3.63) is 53.0 Å². The van der Waals surface area contributed by atoms with Crippen LogP contribution in [0.25, 0.3) is 0 Å². The number of hydrogen-bond donors (Lipinski definition) is 0. The van der Waals surface area contributed by atoms with Crippen molar-refractivity contribution >= 4 is 15.9 Å². The van der Waals surface area contributed by atoms with E-state index >= 15 is 0 Å². The molecule has 1 aliphatic rings. The number of nitrogens with zero attached hydrogens (tertiary/aromatic N) is 2. The molecule has 0 amide bonds. The predicted molar refractivity (Wildman–Crippen MR) is 78.9 cm³/mol. The molecule has 20 heavy (non-hydrogen) atoms. The number of aromatic nitrogens is 2. The van der Waals surface area contributed by atoms with E-state index in [0.29, 0.717) is 12.5 Å². The summed E-state index contributed by atoms with van der Waals surface area (Å²) in [5.74, 6) is 0.594. The van der Waals surface area contributed by atoms with Crippen molar-refractivity contribution in [2.24, 2.45) is 0 Å². The Hall–Kier alpha value is -1.46. The largest absolute Gasteiger partial charge is 0.481 e. The molecule has 5 heteroatoms. The highest BCUT2D eigenvalue weighted by Gasteiger charge is 2.15. The molecule has 1 atom stereocenters. The number of benzene rings is 1. The molecule has 0 N–H and O–H groups in total. The van der Waals surface area contributed by atoms with Gasteiger partial charge in [0.25, 0.3) is 0 Å². The maximum Gasteiger partial charge on any atom is 0.216 e. The smallest absolute Gasteiger partial charge is 0.216 e. The predicted octanol–water partition coefficient (Wildman–Crippen LogP) is 3.19. The van der Waals surface area contributed by atoms with E-state index < -0.39 is 0 Å². The molecule has 0 aliphatic carbocycles. The SMILES string of the molecule is COc1cc(CC(Br)c2ccc3c(c2)COC3)ncn1. The Kier molecular flexibility index (Phi) is 3.98. The fraction of sp³-hybridized carbons (Fsp3) is 0.333. The first-order valence-electron chi connectivity index (χ1n) is 6.44. The van der Waals surface area contributed by atoms with Crippen LogP contribution in [0.2, 0.25) is 0 Å². The van der Waals surface area contributed by atoms with Gasteiger partial charge in [-0.25, -0.2) is 9.97 Å². The van der Waals surface area contributed by atoms with Crippen molar-refractivity contribution in [1.82, 2.24) is 9.97 Å². The normalized spacial score (nSPS) is 14.9. The van der Waals surface area contributed by atoms with E-state index in [2.05, 4.69) is 44.1 Å². The van der Waals surface area contributed by atoms with Gasteiger partial charge in [0, 0.05) is 23.0 Å². The van der Waals surface area contributed by atoms with Gasteiger partial charge in [0.05, 0.1) is 20.3 Å². The first-order chi connectivity index (χ1) is 9.76. The maximum absolute atomic E-state index is 5.45. The summed E-state index contributed by atoms with van der Waals surface area (Å²) in [7, 11) is 1.61. The third-order valence-corrected chi connectivity index (χ3v) is 4.26. The minimum absolute atomic E-state index is 0.216. The summed E-state index contributed by atoms with van der Waals surface area (Å²) in [6.07, 6.45) is 2.32. The third kappa shape index (κ3) is 2.83. The Balaban J connectivity index is 1.77. The van der Waals surface area contributed by atoms with Crippen LogP contribution in [0.15, 0.2) is 30.6 Å². The standard InChI is InChI=1S/C15H15BrN2O2/c1-19-15-6-13(17-9-18-15)5-14(16)10-2-3-11-7-20-8-12(11)4-10/h2-4,6,9,14H,5,7-8H2,1H3. The van der Waals surface area contributed by atoms with Crippen LogP contribution in [0.4, 0.5) is 0 Å². The first kappa shape index (κ1) is 13.5. The Morgan fingerprint density at radius 1 is 1.25 bits per heavy atom. The number of ether oxygens (including phenoxy) is 2. The van der Waals surface area contributed by atoms with Crippen LogP contribution in [0.5, 0.6) is 5.88 Å². The van der Waals surface area contributed by atoms with Crippen molar-refractivity contribution in [3.8, 4) is 5.88 Å². The van der Waals surface area contributed by atoms with Gasteiger partial charge in [0.2, 0.25) is 5.88 Å². The van der Waals surface area contributed by atoms with E-state index in [1.165, 1.54) is 23.0 Å². The fourth-order valence-corrected chi connectivity index (χ4v) is 2.90.